The lowest BCUT2D eigenvalue weighted by Gasteiger charge is -2.33. The number of carbonyl (C=O) groups is 1. The van der Waals surface area contributed by atoms with Gasteiger partial charge in [-0.15, -0.1) is 12.4 Å². The molecule has 23 heavy (non-hydrogen) atoms. The Bertz CT molecular complexity index is 688. The maximum absolute atomic E-state index is 12.5. The Kier molecular flexibility index (Phi) is 6.45. The molecule has 1 saturated heterocycles. The lowest BCUT2D eigenvalue weighted by atomic mass is 10.3. The van der Waals surface area contributed by atoms with Crippen molar-refractivity contribution < 1.29 is 18.1 Å². The zero-order chi connectivity index (χ0) is 16.3. The van der Waals surface area contributed by atoms with Crippen molar-refractivity contribution in [1.29, 1.82) is 0 Å². The van der Waals surface area contributed by atoms with Gasteiger partial charge in [0.15, 0.2) is 0 Å². The maximum Gasteiger partial charge on any atom is 0.270 e. The summed E-state index contributed by atoms with van der Waals surface area (Å²) in [5.74, 6) is -0.229. The van der Waals surface area contributed by atoms with Crippen molar-refractivity contribution in [3.05, 3.63) is 34.4 Å². The Balaban J connectivity index is 0.00000264. The van der Waals surface area contributed by atoms with Crippen LogP contribution in [0.15, 0.2) is 29.2 Å². The number of piperazine rings is 1. The molecule has 2 rings (SSSR count). The van der Waals surface area contributed by atoms with Crippen LogP contribution in [0.1, 0.15) is 0 Å². The Morgan fingerprint density at radius 2 is 1.87 bits per heavy atom. The molecule has 0 radical (unpaired) electrons. The summed E-state index contributed by atoms with van der Waals surface area (Å²) < 4.78 is 26.2. The number of hydrogen-bond acceptors (Lipinski definition) is 6. The molecule has 0 bridgehead atoms. The van der Waals surface area contributed by atoms with Gasteiger partial charge in [0.1, 0.15) is 0 Å². The first-order valence-electron chi connectivity index (χ1n) is 6.58. The second kappa shape index (κ2) is 7.68. The molecule has 9 nitrogen and oxygen atoms in total. The molecule has 2 N–H and O–H groups in total. The molecule has 1 fully saturated rings. The summed E-state index contributed by atoms with van der Waals surface area (Å²) in [6.07, 6.45) is 0. The first kappa shape index (κ1) is 19.3. The van der Waals surface area contributed by atoms with Crippen molar-refractivity contribution in [2.24, 2.45) is 5.73 Å². The van der Waals surface area contributed by atoms with Crippen molar-refractivity contribution >= 4 is 34.0 Å². The van der Waals surface area contributed by atoms with Crippen LogP contribution >= 0.6 is 12.4 Å². The number of sulfonamides is 1. The molecule has 1 aromatic rings. The van der Waals surface area contributed by atoms with Gasteiger partial charge in [0, 0.05) is 38.3 Å². The van der Waals surface area contributed by atoms with Crippen LogP contribution in [0.3, 0.4) is 0 Å². The summed E-state index contributed by atoms with van der Waals surface area (Å²) in [7, 11) is -3.81. The Hall–Kier alpha value is -1.75. The van der Waals surface area contributed by atoms with E-state index in [4.69, 9.17) is 5.73 Å². The van der Waals surface area contributed by atoms with Gasteiger partial charge < -0.3 is 10.6 Å². The number of amides is 1. The Morgan fingerprint density at radius 1 is 1.26 bits per heavy atom. The molecule has 128 valence electrons. The smallest absolute Gasteiger partial charge is 0.270 e. The molecule has 0 aromatic heterocycles. The first-order valence-corrected chi connectivity index (χ1v) is 8.02. The first-order chi connectivity index (χ1) is 10.4. The summed E-state index contributed by atoms with van der Waals surface area (Å²) >= 11 is 0. The predicted molar refractivity (Wildman–Crippen MR) is 84.7 cm³/mol. The van der Waals surface area contributed by atoms with Gasteiger partial charge in [0.05, 0.1) is 16.4 Å². The highest BCUT2D eigenvalue weighted by atomic mass is 35.5. The van der Waals surface area contributed by atoms with E-state index in [1.54, 1.807) is 0 Å². The summed E-state index contributed by atoms with van der Waals surface area (Å²) in [4.78, 5) is 23.0. The van der Waals surface area contributed by atoms with Gasteiger partial charge in [-0.1, -0.05) is 6.07 Å². The van der Waals surface area contributed by atoms with E-state index < -0.39 is 14.9 Å². The molecule has 1 amide bonds. The fraction of sp³-hybridized carbons (Fsp3) is 0.417. The van der Waals surface area contributed by atoms with E-state index in [1.165, 1.54) is 27.4 Å². The van der Waals surface area contributed by atoms with E-state index in [2.05, 4.69) is 0 Å². The van der Waals surface area contributed by atoms with Crippen molar-refractivity contribution in [2.45, 2.75) is 4.90 Å². The summed E-state index contributed by atoms with van der Waals surface area (Å²) in [5, 5.41) is 10.7. The minimum atomic E-state index is -3.81. The number of rotatable bonds is 4. The predicted octanol–water partition coefficient (Wildman–Crippen LogP) is -0.192. The largest absolute Gasteiger partial charge is 0.339 e. The zero-order valence-electron chi connectivity index (χ0n) is 12.1. The number of halogens is 1. The minimum absolute atomic E-state index is 0. The Morgan fingerprint density at radius 3 is 2.39 bits per heavy atom. The molecular weight excluding hydrogens is 348 g/mol. The molecule has 0 atom stereocenters. The third-order valence-corrected chi connectivity index (χ3v) is 5.33. The number of nitrogens with zero attached hydrogens (tertiary/aromatic N) is 3. The van der Waals surface area contributed by atoms with Crippen molar-refractivity contribution in [3.63, 3.8) is 0 Å². The molecule has 11 heteroatoms. The van der Waals surface area contributed by atoms with Gasteiger partial charge in [-0.25, -0.2) is 8.42 Å². The lowest BCUT2D eigenvalue weighted by Crippen LogP contribution is -2.51. The van der Waals surface area contributed by atoms with Crippen molar-refractivity contribution in [1.82, 2.24) is 9.21 Å². The number of nitrogens with two attached hydrogens (primary N) is 1. The van der Waals surface area contributed by atoms with Crippen LogP contribution in [0, 0.1) is 10.1 Å². The van der Waals surface area contributed by atoms with E-state index in [-0.39, 0.29) is 61.6 Å². The third-order valence-electron chi connectivity index (χ3n) is 3.43. The van der Waals surface area contributed by atoms with Gasteiger partial charge in [-0.3, -0.25) is 14.9 Å². The van der Waals surface area contributed by atoms with E-state index in [9.17, 15) is 23.3 Å². The average Bonchev–Trinajstić information content (AvgIpc) is 2.54. The third kappa shape index (κ3) is 4.16. The quantitative estimate of drug-likeness (QED) is 0.582. The topological polar surface area (TPSA) is 127 Å². The highest BCUT2D eigenvalue weighted by molar-refractivity contribution is 7.89. The minimum Gasteiger partial charge on any atom is -0.339 e. The summed E-state index contributed by atoms with van der Waals surface area (Å²) in [6.45, 7) is 0.666. The molecule has 1 aliphatic heterocycles. The van der Waals surface area contributed by atoms with Crippen LogP contribution in [0.5, 0.6) is 0 Å². The number of nitro groups is 1. The van der Waals surface area contributed by atoms with E-state index >= 15 is 0 Å². The van der Waals surface area contributed by atoms with Gasteiger partial charge >= 0.3 is 0 Å². The van der Waals surface area contributed by atoms with Crippen LogP contribution < -0.4 is 5.73 Å². The fourth-order valence-corrected chi connectivity index (χ4v) is 3.68. The molecular formula is C12H17ClN4O5S. The summed E-state index contributed by atoms with van der Waals surface area (Å²) in [6, 6.07) is 4.92. The average molecular weight is 365 g/mol. The second-order valence-electron chi connectivity index (χ2n) is 4.74. The standard InChI is InChI=1S/C12H16N4O5S.ClH/c13-9-12(17)14-4-6-15(7-5-14)22(20,21)11-3-1-2-10(8-11)16(18)19;/h1-3,8H,4-7,9,13H2;1H. The monoisotopic (exact) mass is 364 g/mol. The zero-order valence-corrected chi connectivity index (χ0v) is 13.8. The van der Waals surface area contributed by atoms with E-state index in [1.807, 2.05) is 0 Å². The molecule has 0 spiro atoms. The van der Waals surface area contributed by atoms with E-state index in [0.717, 1.165) is 6.07 Å². The highest BCUT2D eigenvalue weighted by Gasteiger charge is 2.30. The van der Waals surface area contributed by atoms with Crippen LogP contribution in [0.25, 0.3) is 0 Å². The van der Waals surface area contributed by atoms with Crippen molar-refractivity contribution in [2.75, 3.05) is 32.7 Å². The molecule has 0 saturated carbocycles. The molecule has 1 aliphatic rings. The number of nitro benzene ring substituents is 1. The van der Waals surface area contributed by atoms with Crippen LogP contribution in [-0.2, 0) is 14.8 Å². The Labute approximate surface area is 139 Å². The van der Waals surface area contributed by atoms with Crippen molar-refractivity contribution in [3.8, 4) is 0 Å². The number of carbonyl (C=O) groups excluding carboxylic acids is 1. The SMILES string of the molecule is Cl.NCC(=O)N1CCN(S(=O)(=O)c2cccc([N+](=O)[O-])c2)CC1. The van der Waals surface area contributed by atoms with Crippen LogP contribution in [-0.4, -0.2) is 61.2 Å². The lowest BCUT2D eigenvalue weighted by molar-refractivity contribution is -0.385. The molecule has 1 aromatic carbocycles. The maximum atomic E-state index is 12.5. The van der Waals surface area contributed by atoms with Gasteiger partial charge in [0.2, 0.25) is 15.9 Å². The fourth-order valence-electron chi connectivity index (χ4n) is 2.21. The second-order valence-corrected chi connectivity index (χ2v) is 6.68. The van der Waals surface area contributed by atoms with Gasteiger partial charge in [-0.05, 0) is 6.07 Å². The van der Waals surface area contributed by atoms with Gasteiger partial charge in [0.25, 0.3) is 5.69 Å². The normalized spacial score (nSPS) is 15.8. The summed E-state index contributed by atoms with van der Waals surface area (Å²) in [5.41, 5.74) is 4.99. The van der Waals surface area contributed by atoms with E-state index in [0.29, 0.717) is 0 Å². The number of non-ortho nitro benzene ring substituents is 1. The van der Waals surface area contributed by atoms with Crippen LogP contribution in [0.4, 0.5) is 5.69 Å². The van der Waals surface area contributed by atoms with Gasteiger partial charge in [-0.2, -0.15) is 4.31 Å². The highest BCUT2D eigenvalue weighted by Crippen LogP contribution is 2.21. The molecule has 0 aliphatic carbocycles. The molecule has 1 heterocycles. The number of benzene rings is 1. The molecule has 0 unspecified atom stereocenters. The van der Waals surface area contributed by atoms with Crippen LogP contribution in [0.2, 0.25) is 0 Å². The number of hydrogen-bond donors (Lipinski definition) is 1.